The van der Waals surface area contributed by atoms with Gasteiger partial charge in [0.05, 0.1) is 34.6 Å². The second kappa shape index (κ2) is 6.92. The number of hydrogen-bond donors (Lipinski definition) is 2. The number of thiazole rings is 1. The van der Waals surface area contributed by atoms with Gasteiger partial charge in [-0.1, -0.05) is 23.2 Å². The fourth-order valence-corrected chi connectivity index (χ4v) is 2.23. The van der Waals surface area contributed by atoms with Crippen molar-refractivity contribution in [3.8, 4) is 11.8 Å². The summed E-state index contributed by atoms with van der Waals surface area (Å²) in [6, 6.07) is 1.69. The third kappa shape index (κ3) is 4.08. The second-order valence-corrected chi connectivity index (χ2v) is 5.27. The standard InChI is InChI=1S/C14H14N4O2S/c1-9-7-12(10(2)18-17-9)13(20)16-14-15-8-11(21-14)5-3-4-6-19/h7-8,19H,4,6H2,1-2H3,(H,15,16,20). The molecule has 0 atom stereocenters. The molecular weight excluding hydrogens is 288 g/mol. The molecule has 21 heavy (non-hydrogen) atoms. The van der Waals surface area contributed by atoms with Gasteiger partial charge in [-0.05, 0) is 19.9 Å². The molecule has 1 amide bonds. The van der Waals surface area contributed by atoms with Crippen LogP contribution in [0.25, 0.3) is 0 Å². The molecule has 6 nitrogen and oxygen atoms in total. The van der Waals surface area contributed by atoms with Crippen LogP contribution in [0.1, 0.15) is 33.0 Å². The van der Waals surface area contributed by atoms with Gasteiger partial charge in [0.2, 0.25) is 0 Å². The van der Waals surface area contributed by atoms with Gasteiger partial charge in [0.15, 0.2) is 5.13 Å². The molecule has 2 rings (SSSR count). The summed E-state index contributed by atoms with van der Waals surface area (Å²) in [5.41, 5.74) is 1.73. The van der Waals surface area contributed by atoms with Crippen LogP contribution in [0.15, 0.2) is 12.3 Å². The predicted octanol–water partition coefficient (Wildman–Crippen LogP) is 1.54. The highest BCUT2D eigenvalue weighted by atomic mass is 32.1. The predicted molar refractivity (Wildman–Crippen MR) is 80.2 cm³/mol. The van der Waals surface area contributed by atoms with Gasteiger partial charge in [-0.2, -0.15) is 10.2 Å². The lowest BCUT2D eigenvalue weighted by Crippen LogP contribution is -2.14. The van der Waals surface area contributed by atoms with E-state index in [2.05, 4.69) is 32.3 Å². The van der Waals surface area contributed by atoms with Crippen LogP contribution in [0.3, 0.4) is 0 Å². The van der Waals surface area contributed by atoms with Crippen molar-refractivity contribution in [2.75, 3.05) is 11.9 Å². The Balaban J connectivity index is 2.10. The van der Waals surface area contributed by atoms with Gasteiger partial charge in [-0.25, -0.2) is 4.98 Å². The maximum absolute atomic E-state index is 12.2. The highest BCUT2D eigenvalue weighted by Gasteiger charge is 2.13. The summed E-state index contributed by atoms with van der Waals surface area (Å²) in [7, 11) is 0. The number of rotatable bonds is 3. The minimum Gasteiger partial charge on any atom is -0.395 e. The number of nitrogens with one attached hydrogen (secondary N) is 1. The van der Waals surface area contributed by atoms with E-state index in [1.807, 2.05) is 0 Å². The first kappa shape index (κ1) is 15.1. The summed E-state index contributed by atoms with van der Waals surface area (Å²) >= 11 is 1.28. The summed E-state index contributed by atoms with van der Waals surface area (Å²) in [6.07, 6.45) is 2.01. The molecule has 0 aliphatic carbocycles. The Labute approximate surface area is 126 Å². The summed E-state index contributed by atoms with van der Waals surface area (Å²) < 4.78 is 0. The van der Waals surface area contributed by atoms with Gasteiger partial charge in [-0.15, -0.1) is 0 Å². The zero-order valence-electron chi connectivity index (χ0n) is 11.7. The normalized spacial score (nSPS) is 9.86. The van der Waals surface area contributed by atoms with Crippen molar-refractivity contribution < 1.29 is 9.90 Å². The SMILES string of the molecule is Cc1cc(C(=O)Nc2ncc(C#CCCO)s2)c(C)nn1. The maximum Gasteiger partial charge on any atom is 0.259 e. The van der Waals surface area contributed by atoms with E-state index in [1.54, 1.807) is 26.1 Å². The van der Waals surface area contributed by atoms with E-state index in [-0.39, 0.29) is 12.5 Å². The number of aryl methyl sites for hydroxylation is 2. The monoisotopic (exact) mass is 302 g/mol. The molecule has 0 unspecified atom stereocenters. The first-order chi connectivity index (χ1) is 10.1. The van der Waals surface area contributed by atoms with E-state index in [0.717, 1.165) is 4.88 Å². The van der Waals surface area contributed by atoms with Crippen molar-refractivity contribution in [2.45, 2.75) is 20.3 Å². The molecule has 0 radical (unpaired) electrons. The molecule has 0 aliphatic rings. The number of aliphatic hydroxyl groups excluding tert-OH is 1. The lowest BCUT2D eigenvalue weighted by molar-refractivity contribution is 0.102. The number of aliphatic hydroxyl groups is 1. The van der Waals surface area contributed by atoms with Gasteiger partial charge >= 0.3 is 0 Å². The van der Waals surface area contributed by atoms with Crippen molar-refractivity contribution in [1.82, 2.24) is 15.2 Å². The Hall–Kier alpha value is -2.30. The Kier molecular flexibility index (Phi) is 4.98. The third-order valence-electron chi connectivity index (χ3n) is 2.52. The van der Waals surface area contributed by atoms with Crippen LogP contribution in [-0.4, -0.2) is 32.8 Å². The molecule has 0 saturated heterocycles. The van der Waals surface area contributed by atoms with E-state index in [1.165, 1.54) is 11.3 Å². The second-order valence-electron chi connectivity index (χ2n) is 4.24. The molecule has 0 spiro atoms. The molecule has 0 aromatic carbocycles. The molecule has 0 bridgehead atoms. The Morgan fingerprint density at radius 1 is 1.43 bits per heavy atom. The molecule has 2 aromatic heterocycles. The molecule has 2 heterocycles. The molecular formula is C14H14N4O2S. The lowest BCUT2D eigenvalue weighted by Gasteiger charge is -2.04. The number of carbonyl (C=O) groups excluding carboxylic acids is 1. The molecule has 0 aliphatic heterocycles. The van der Waals surface area contributed by atoms with Crippen molar-refractivity contribution in [1.29, 1.82) is 0 Å². The highest BCUT2D eigenvalue weighted by Crippen LogP contribution is 2.18. The largest absolute Gasteiger partial charge is 0.395 e. The first-order valence-corrected chi connectivity index (χ1v) is 7.09. The maximum atomic E-state index is 12.2. The fourth-order valence-electron chi connectivity index (χ4n) is 1.54. The van der Waals surface area contributed by atoms with Crippen molar-refractivity contribution in [3.05, 3.63) is 34.1 Å². The average molecular weight is 302 g/mol. The van der Waals surface area contributed by atoms with Crippen LogP contribution >= 0.6 is 11.3 Å². The van der Waals surface area contributed by atoms with Crippen LogP contribution in [0.2, 0.25) is 0 Å². The number of amides is 1. The molecule has 0 fully saturated rings. The van der Waals surface area contributed by atoms with Crippen LogP contribution in [0.4, 0.5) is 5.13 Å². The van der Waals surface area contributed by atoms with Gasteiger partial charge in [0, 0.05) is 6.42 Å². The van der Waals surface area contributed by atoms with E-state index in [9.17, 15) is 4.79 Å². The third-order valence-corrected chi connectivity index (χ3v) is 3.35. The van der Waals surface area contributed by atoms with Gasteiger partial charge in [0.25, 0.3) is 5.91 Å². The van der Waals surface area contributed by atoms with Gasteiger partial charge in [-0.3, -0.25) is 10.1 Å². The minimum absolute atomic E-state index is 0.0308. The van der Waals surface area contributed by atoms with Crippen molar-refractivity contribution >= 4 is 22.4 Å². The minimum atomic E-state index is -0.269. The van der Waals surface area contributed by atoms with E-state index in [4.69, 9.17) is 5.11 Å². The molecule has 2 N–H and O–H groups in total. The average Bonchev–Trinajstić information content (AvgIpc) is 2.89. The summed E-state index contributed by atoms with van der Waals surface area (Å²) in [6.45, 7) is 3.54. The topological polar surface area (TPSA) is 88.0 Å². The van der Waals surface area contributed by atoms with Gasteiger partial charge in [0.1, 0.15) is 0 Å². The quantitative estimate of drug-likeness (QED) is 0.840. The molecule has 7 heteroatoms. The van der Waals surface area contributed by atoms with Crippen LogP contribution in [0.5, 0.6) is 0 Å². The van der Waals surface area contributed by atoms with E-state index < -0.39 is 0 Å². The first-order valence-electron chi connectivity index (χ1n) is 6.28. The zero-order valence-corrected chi connectivity index (χ0v) is 12.5. The van der Waals surface area contributed by atoms with Crippen molar-refractivity contribution in [3.63, 3.8) is 0 Å². The summed E-state index contributed by atoms with van der Waals surface area (Å²) in [5.74, 6) is 5.41. The number of hydrogen-bond acceptors (Lipinski definition) is 6. The fraction of sp³-hybridized carbons (Fsp3) is 0.286. The molecule has 108 valence electrons. The van der Waals surface area contributed by atoms with E-state index in [0.29, 0.717) is 28.5 Å². The summed E-state index contributed by atoms with van der Waals surface area (Å²) in [5, 5.41) is 19.7. The van der Waals surface area contributed by atoms with Crippen LogP contribution < -0.4 is 5.32 Å². The number of carbonyl (C=O) groups is 1. The number of aromatic nitrogens is 3. The smallest absolute Gasteiger partial charge is 0.259 e. The van der Waals surface area contributed by atoms with Crippen LogP contribution in [0, 0.1) is 25.7 Å². The van der Waals surface area contributed by atoms with E-state index >= 15 is 0 Å². The Morgan fingerprint density at radius 3 is 3.00 bits per heavy atom. The van der Waals surface area contributed by atoms with Crippen LogP contribution in [-0.2, 0) is 0 Å². The van der Waals surface area contributed by atoms with Crippen molar-refractivity contribution in [2.24, 2.45) is 0 Å². The molecule has 2 aromatic rings. The highest BCUT2D eigenvalue weighted by molar-refractivity contribution is 7.16. The number of nitrogens with zero attached hydrogens (tertiary/aromatic N) is 3. The lowest BCUT2D eigenvalue weighted by atomic mass is 10.2. The Morgan fingerprint density at radius 2 is 2.24 bits per heavy atom. The number of anilines is 1. The zero-order chi connectivity index (χ0) is 15.2. The Bertz CT molecular complexity index is 715. The molecule has 0 saturated carbocycles. The van der Waals surface area contributed by atoms with Gasteiger partial charge < -0.3 is 5.11 Å². The summed E-state index contributed by atoms with van der Waals surface area (Å²) in [4.78, 5) is 17.0.